The van der Waals surface area contributed by atoms with Crippen molar-refractivity contribution in [1.82, 2.24) is 9.55 Å². The highest BCUT2D eigenvalue weighted by Gasteiger charge is 2.50. The molecule has 0 aromatic carbocycles. The highest BCUT2D eigenvalue weighted by Crippen LogP contribution is 2.59. The molecule has 4 aliphatic rings. The molecule has 0 saturated heterocycles. The number of hydrogen-bond donors (Lipinski definition) is 1. The summed E-state index contributed by atoms with van der Waals surface area (Å²) >= 11 is 0. The van der Waals surface area contributed by atoms with Gasteiger partial charge < -0.3 is 10.3 Å². The fraction of sp³-hybridized carbons (Fsp3) is 0.812. The molecule has 3 nitrogen and oxygen atoms in total. The Morgan fingerprint density at radius 3 is 2.32 bits per heavy atom. The van der Waals surface area contributed by atoms with Gasteiger partial charge in [0.15, 0.2) is 0 Å². The average Bonchev–Trinajstić information content (AvgIpc) is 2.79. The van der Waals surface area contributed by atoms with Crippen LogP contribution in [0.25, 0.3) is 0 Å². The molecule has 4 saturated carbocycles. The van der Waals surface area contributed by atoms with Crippen molar-refractivity contribution >= 4 is 0 Å². The van der Waals surface area contributed by atoms with Crippen molar-refractivity contribution in [2.24, 2.45) is 35.3 Å². The molecule has 2 N–H and O–H groups in total. The predicted octanol–water partition coefficient (Wildman–Crippen LogP) is 2.76. The van der Waals surface area contributed by atoms with Crippen LogP contribution in [0.3, 0.4) is 0 Å². The quantitative estimate of drug-likeness (QED) is 0.907. The van der Waals surface area contributed by atoms with Crippen LogP contribution in [0.5, 0.6) is 0 Å². The third-order valence-electron chi connectivity index (χ3n) is 6.21. The van der Waals surface area contributed by atoms with E-state index in [2.05, 4.69) is 22.7 Å². The number of imidazole rings is 1. The van der Waals surface area contributed by atoms with E-state index >= 15 is 0 Å². The van der Waals surface area contributed by atoms with Crippen molar-refractivity contribution in [2.45, 2.75) is 45.1 Å². The van der Waals surface area contributed by atoms with Crippen molar-refractivity contribution < 1.29 is 0 Å². The van der Waals surface area contributed by atoms with Crippen LogP contribution in [0.4, 0.5) is 0 Å². The Hall–Kier alpha value is -0.830. The molecule has 19 heavy (non-hydrogen) atoms. The summed E-state index contributed by atoms with van der Waals surface area (Å²) in [5.74, 6) is 5.90. The first kappa shape index (κ1) is 12.0. The summed E-state index contributed by atoms with van der Waals surface area (Å²) in [6.45, 7) is 2.88. The SMILES string of the molecule is Cc1nccn1C(CN)C1C2CC3CC(C2)CC1C3. The molecule has 0 spiro atoms. The lowest BCUT2D eigenvalue weighted by Gasteiger charge is -2.56. The molecule has 1 unspecified atom stereocenters. The maximum absolute atomic E-state index is 6.16. The molecular formula is C16H25N3. The second-order valence-corrected chi connectivity index (χ2v) is 7.19. The fourth-order valence-electron chi connectivity index (χ4n) is 5.79. The van der Waals surface area contributed by atoms with Gasteiger partial charge in [0.05, 0.1) is 6.04 Å². The Morgan fingerprint density at radius 2 is 1.84 bits per heavy atom. The molecule has 0 aliphatic heterocycles. The van der Waals surface area contributed by atoms with Gasteiger partial charge in [-0.25, -0.2) is 4.98 Å². The second kappa shape index (κ2) is 4.34. The van der Waals surface area contributed by atoms with Gasteiger partial charge in [0.1, 0.15) is 5.82 Å². The third-order valence-corrected chi connectivity index (χ3v) is 6.21. The van der Waals surface area contributed by atoms with E-state index in [1.165, 1.54) is 32.1 Å². The Morgan fingerprint density at radius 1 is 1.21 bits per heavy atom. The second-order valence-electron chi connectivity index (χ2n) is 7.19. The van der Waals surface area contributed by atoms with Crippen LogP contribution in [0, 0.1) is 36.5 Å². The van der Waals surface area contributed by atoms with Crippen LogP contribution in [0.15, 0.2) is 12.4 Å². The molecule has 3 heteroatoms. The highest BCUT2D eigenvalue weighted by molar-refractivity contribution is 5.04. The van der Waals surface area contributed by atoms with Crippen LogP contribution < -0.4 is 5.73 Å². The molecule has 4 fully saturated rings. The Balaban J connectivity index is 1.66. The van der Waals surface area contributed by atoms with E-state index in [1.54, 1.807) is 0 Å². The van der Waals surface area contributed by atoms with Crippen LogP contribution in [-0.2, 0) is 0 Å². The van der Waals surface area contributed by atoms with Gasteiger partial charge in [-0.15, -0.1) is 0 Å². The minimum Gasteiger partial charge on any atom is -0.331 e. The fourth-order valence-corrected chi connectivity index (χ4v) is 5.79. The zero-order valence-corrected chi connectivity index (χ0v) is 11.8. The molecule has 1 aromatic rings. The molecule has 5 rings (SSSR count). The molecule has 4 bridgehead atoms. The van der Waals surface area contributed by atoms with Crippen LogP contribution in [-0.4, -0.2) is 16.1 Å². The zero-order chi connectivity index (χ0) is 13.0. The number of nitrogens with two attached hydrogens (primary N) is 1. The lowest BCUT2D eigenvalue weighted by atomic mass is 9.50. The molecule has 0 amide bonds. The van der Waals surface area contributed by atoms with Crippen molar-refractivity contribution in [3.05, 3.63) is 18.2 Å². The zero-order valence-electron chi connectivity index (χ0n) is 11.8. The van der Waals surface area contributed by atoms with Crippen LogP contribution in [0.1, 0.15) is 44.0 Å². The van der Waals surface area contributed by atoms with Gasteiger partial charge in [0.25, 0.3) is 0 Å². The maximum Gasteiger partial charge on any atom is 0.105 e. The normalized spacial score (nSPS) is 41.7. The average molecular weight is 259 g/mol. The van der Waals surface area contributed by atoms with Crippen molar-refractivity contribution in [1.29, 1.82) is 0 Å². The monoisotopic (exact) mass is 259 g/mol. The van der Waals surface area contributed by atoms with Crippen molar-refractivity contribution in [3.63, 3.8) is 0 Å². The predicted molar refractivity (Wildman–Crippen MR) is 75.6 cm³/mol. The summed E-state index contributed by atoms with van der Waals surface area (Å²) in [6, 6.07) is 0.484. The van der Waals surface area contributed by atoms with E-state index in [1.807, 2.05) is 6.20 Å². The van der Waals surface area contributed by atoms with Gasteiger partial charge in [0, 0.05) is 18.9 Å². The number of aryl methyl sites for hydroxylation is 1. The summed E-state index contributed by atoms with van der Waals surface area (Å²) < 4.78 is 2.35. The van der Waals surface area contributed by atoms with Gasteiger partial charge in [-0.2, -0.15) is 0 Å². The van der Waals surface area contributed by atoms with Crippen LogP contribution >= 0.6 is 0 Å². The topological polar surface area (TPSA) is 43.8 Å². The summed E-state index contributed by atoms with van der Waals surface area (Å²) in [6.07, 6.45) is 11.5. The Labute approximate surface area is 115 Å². The summed E-state index contributed by atoms with van der Waals surface area (Å²) in [7, 11) is 0. The Kier molecular flexibility index (Phi) is 2.73. The molecule has 104 valence electrons. The minimum absolute atomic E-state index is 0.484. The van der Waals surface area contributed by atoms with Crippen LogP contribution in [0.2, 0.25) is 0 Å². The lowest BCUT2D eigenvalue weighted by Crippen LogP contribution is -2.49. The van der Waals surface area contributed by atoms with E-state index in [0.717, 1.165) is 42.0 Å². The summed E-state index contributed by atoms with van der Waals surface area (Å²) in [5, 5.41) is 0. The largest absolute Gasteiger partial charge is 0.331 e. The van der Waals surface area contributed by atoms with E-state index in [9.17, 15) is 0 Å². The minimum atomic E-state index is 0.484. The lowest BCUT2D eigenvalue weighted by molar-refractivity contribution is -0.0571. The maximum atomic E-state index is 6.16. The van der Waals surface area contributed by atoms with Gasteiger partial charge in [-0.1, -0.05) is 0 Å². The molecule has 1 atom stereocenters. The van der Waals surface area contributed by atoms with E-state index < -0.39 is 0 Å². The van der Waals surface area contributed by atoms with Gasteiger partial charge in [0.2, 0.25) is 0 Å². The molecular weight excluding hydrogens is 234 g/mol. The standard InChI is InChI=1S/C16H25N3/c1-10-18-2-3-19(10)15(9-17)16-13-5-11-4-12(7-13)8-14(16)6-11/h2-3,11-16H,4-9,17H2,1H3. The summed E-state index contributed by atoms with van der Waals surface area (Å²) in [4.78, 5) is 4.41. The first-order valence-corrected chi connectivity index (χ1v) is 7.95. The van der Waals surface area contributed by atoms with E-state index in [4.69, 9.17) is 5.73 Å². The number of nitrogens with zero attached hydrogens (tertiary/aromatic N) is 2. The number of rotatable bonds is 3. The highest BCUT2D eigenvalue weighted by atomic mass is 15.1. The van der Waals surface area contributed by atoms with Crippen molar-refractivity contribution in [3.8, 4) is 0 Å². The Bertz CT molecular complexity index is 436. The number of aromatic nitrogens is 2. The number of hydrogen-bond acceptors (Lipinski definition) is 2. The molecule has 1 heterocycles. The smallest absolute Gasteiger partial charge is 0.105 e. The van der Waals surface area contributed by atoms with Gasteiger partial charge in [-0.3, -0.25) is 0 Å². The first-order chi connectivity index (χ1) is 9.26. The van der Waals surface area contributed by atoms with E-state index in [-0.39, 0.29) is 0 Å². The van der Waals surface area contributed by atoms with Gasteiger partial charge in [-0.05, 0) is 68.6 Å². The van der Waals surface area contributed by atoms with E-state index in [0.29, 0.717) is 6.04 Å². The molecule has 1 aromatic heterocycles. The first-order valence-electron chi connectivity index (χ1n) is 7.95. The molecule has 0 radical (unpaired) electrons. The summed E-state index contributed by atoms with van der Waals surface area (Å²) in [5.41, 5.74) is 6.16. The van der Waals surface area contributed by atoms with Crippen molar-refractivity contribution in [2.75, 3.05) is 6.54 Å². The molecule has 4 aliphatic carbocycles. The third kappa shape index (κ3) is 1.78. The van der Waals surface area contributed by atoms with Gasteiger partial charge >= 0.3 is 0 Å².